The largest absolute Gasteiger partial charge is 0.342 e. The molecule has 2 heterocycles. The fraction of sp³-hybridized carbons (Fsp3) is 0.867. The van der Waals surface area contributed by atoms with Gasteiger partial charge in [-0.15, -0.1) is 0 Å². The Hall–Kier alpha value is -0.910. The predicted octanol–water partition coefficient (Wildman–Crippen LogP) is 0.716. The Labute approximate surface area is 127 Å². The molecule has 21 heavy (non-hydrogen) atoms. The van der Waals surface area contributed by atoms with Crippen molar-refractivity contribution in [2.45, 2.75) is 43.4 Å². The van der Waals surface area contributed by atoms with E-state index < -0.39 is 15.7 Å². The molecule has 2 saturated carbocycles. The molecule has 0 bridgehead atoms. The molecule has 1 spiro atoms. The van der Waals surface area contributed by atoms with Crippen molar-refractivity contribution in [2.75, 3.05) is 25.4 Å². The third-order valence-corrected chi connectivity index (χ3v) is 7.38. The molecule has 6 heteroatoms. The summed E-state index contributed by atoms with van der Waals surface area (Å²) in [5.41, 5.74) is 0. The van der Waals surface area contributed by atoms with Crippen molar-refractivity contribution in [1.82, 2.24) is 9.80 Å². The van der Waals surface area contributed by atoms with Crippen LogP contribution < -0.4 is 0 Å². The molecule has 5 nitrogen and oxygen atoms in total. The quantitative estimate of drug-likeness (QED) is 0.772. The molecule has 2 aliphatic heterocycles. The summed E-state index contributed by atoms with van der Waals surface area (Å²) in [6.45, 7) is 2.10. The molecule has 2 aliphatic carbocycles. The van der Waals surface area contributed by atoms with Gasteiger partial charge in [0.1, 0.15) is 10.6 Å². The highest BCUT2D eigenvalue weighted by atomic mass is 32.2. The van der Waals surface area contributed by atoms with Crippen molar-refractivity contribution < 1.29 is 13.8 Å². The average molecular weight is 310 g/mol. The second kappa shape index (κ2) is 4.80. The van der Waals surface area contributed by atoms with Gasteiger partial charge in [-0.05, 0) is 31.6 Å². The standard InChI is InChI=1S/C15H22N2O3S/c18-13-10-21(20)15(17(13)9-11-1-2-11)5-7-16(8-6-15)14(19)12-3-4-12/h11-12H,1-10H2. The summed E-state index contributed by atoms with van der Waals surface area (Å²) < 4.78 is 12.5. The van der Waals surface area contributed by atoms with Gasteiger partial charge in [0.25, 0.3) is 0 Å². The molecule has 116 valence electrons. The zero-order chi connectivity index (χ0) is 14.6. The number of hydrogen-bond acceptors (Lipinski definition) is 3. The molecule has 4 aliphatic rings. The Bertz CT molecular complexity index is 505. The van der Waals surface area contributed by atoms with E-state index in [1.165, 1.54) is 12.8 Å². The van der Waals surface area contributed by atoms with Crippen LogP contribution in [0, 0.1) is 11.8 Å². The minimum absolute atomic E-state index is 0.0576. The third kappa shape index (κ3) is 2.31. The van der Waals surface area contributed by atoms with E-state index in [4.69, 9.17) is 0 Å². The molecule has 4 rings (SSSR count). The number of carbonyl (C=O) groups excluding carboxylic acids is 2. The highest BCUT2D eigenvalue weighted by Crippen LogP contribution is 2.42. The molecule has 0 aromatic rings. The first-order valence-electron chi connectivity index (χ1n) is 8.08. The van der Waals surface area contributed by atoms with Gasteiger partial charge in [-0.3, -0.25) is 13.8 Å². The van der Waals surface area contributed by atoms with Crippen molar-refractivity contribution in [3.63, 3.8) is 0 Å². The van der Waals surface area contributed by atoms with Crippen molar-refractivity contribution in [1.29, 1.82) is 0 Å². The normalized spacial score (nSPS) is 32.0. The van der Waals surface area contributed by atoms with E-state index >= 15 is 0 Å². The molecule has 0 N–H and O–H groups in total. The zero-order valence-electron chi connectivity index (χ0n) is 12.3. The molecular weight excluding hydrogens is 288 g/mol. The van der Waals surface area contributed by atoms with Crippen molar-refractivity contribution >= 4 is 22.6 Å². The van der Waals surface area contributed by atoms with Gasteiger partial charge in [0.05, 0.1) is 10.8 Å². The third-order valence-electron chi connectivity index (χ3n) is 5.39. The minimum Gasteiger partial charge on any atom is -0.342 e. The highest BCUT2D eigenvalue weighted by molar-refractivity contribution is 7.87. The Morgan fingerprint density at radius 3 is 2.43 bits per heavy atom. The lowest BCUT2D eigenvalue weighted by molar-refractivity contribution is -0.136. The van der Waals surface area contributed by atoms with Gasteiger partial charge >= 0.3 is 0 Å². The summed E-state index contributed by atoms with van der Waals surface area (Å²) in [6.07, 6.45) is 5.82. The Morgan fingerprint density at radius 1 is 1.19 bits per heavy atom. The van der Waals surface area contributed by atoms with Gasteiger partial charge in [-0.25, -0.2) is 0 Å². The van der Waals surface area contributed by atoms with Crippen molar-refractivity contribution in [2.24, 2.45) is 11.8 Å². The lowest BCUT2D eigenvalue weighted by Gasteiger charge is -2.43. The first kappa shape index (κ1) is 13.7. The van der Waals surface area contributed by atoms with Crippen molar-refractivity contribution in [3.05, 3.63) is 0 Å². The van der Waals surface area contributed by atoms with Gasteiger partial charge < -0.3 is 9.80 Å². The van der Waals surface area contributed by atoms with E-state index in [0.29, 0.717) is 31.8 Å². The molecule has 2 saturated heterocycles. The van der Waals surface area contributed by atoms with Gasteiger partial charge in [-0.2, -0.15) is 0 Å². The first-order chi connectivity index (χ1) is 10.1. The molecule has 1 unspecified atom stereocenters. The minimum atomic E-state index is -1.10. The van der Waals surface area contributed by atoms with E-state index in [-0.39, 0.29) is 23.5 Å². The molecule has 0 aromatic heterocycles. The summed E-state index contributed by atoms with van der Waals surface area (Å²) in [6, 6.07) is 0. The van der Waals surface area contributed by atoms with E-state index in [0.717, 1.165) is 19.4 Å². The van der Waals surface area contributed by atoms with Crippen LogP contribution in [0.15, 0.2) is 0 Å². The monoisotopic (exact) mass is 310 g/mol. The number of amides is 2. The molecule has 0 aromatic carbocycles. The van der Waals surface area contributed by atoms with Crippen LogP contribution in [-0.2, 0) is 20.4 Å². The molecular formula is C15H22N2O3S. The maximum Gasteiger partial charge on any atom is 0.236 e. The van der Waals surface area contributed by atoms with Crippen LogP contribution in [-0.4, -0.2) is 56.1 Å². The van der Waals surface area contributed by atoms with Crippen LogP contribution in [0.1, 0.15) is 38.5 Å². The molecule has 1 atom stereocenters. The van der Waals surface area contributed by atoms with Gasteiger partial charge in [0, 0.05) is 38.4 Å². The Kier molecular flexibility index (Phi) is 3.14. The lowest BCUT2D eigenvalue weighted by Crippen LogP contribution is -2.56. The van der Waals surface area contributed by atoms with Crippen LogP contribution in [0.25, 0.3) is 0 Å². The summed E-state index contributed by atoms with van der Waals surface area (Å²) in [7, 11) is -1.10. The number of nitrogens with zero attached hydrogens (tertiary/aromatic N) is 2. The van der Waals surface area contributed by atoms with Gasteiger partial charge in [0.15, 0.2) is 0 Å². The summed E-state index contributed by atoms with van der Waals surface area (Å²) in [5.74, 6) is 1.38. The highest BCUT2D eigenvalue weighted by Gasteiger charge is 2.54. The summed E-state index contributed by atoms with van der Waals surface area (Å²) in [4.78, 5) is 27.7. The predicted molar refractivity (Wildman–Crippen MR) is 78.7 cm³/mol. The SMILES string of the molecule is O=C(C1CC1)N1CCC2(CC1)N(CC1CC1)C(=O)CS2=O. The topological polar surface area (TPSA) is 57.7 Å². The van der Waals surface area contributed by atoms with Gasteiger partial charge in [0.2, 0.25) is 11.8 Å². The number of rotatable bonds is 3. The van der Waals surface area contributed by atoms with Gasteiger partial charge in [-0.1, -0.05) is 0 Å². The lowest BCUT2D eigenvalue weighted by atomic mass is 10.0. The smallest absolute Gasteiger partial charge is 0.236 e. The average Bonchev–Trinajstić information content (AvgIpc) is 3.37. The Morgan fingerprint density at radius 2 is 1.86 bits per heavy atom. The van der Waals surface area contributed by atoms with Crippen LogP contribution in [0.2, 0.25) is 0 Å². The van der Waals surface area contributed by atoms with Crippen LogP contribution in [0.4, 0.5) is 0 Å². The van der Waals surface area contributed by atoms with Crippen LogP contribution in [0.3, 0.4) is 0 Å². The maximum atomic E-state index is 12.5. The molecule has 0 radical (unpaired) electrons. The second-order valence-electron chi connectivity index (χ2n) is 6.98. The number of carbonyl (C=O) groups is 2. The van der Waals surface area contributed by atoms with E-state index in [1.54, 1.807) is 0 Å². The van der Waals surface area contributed by atoms with E-state index in [9.17, 15) is 13.8 Å². The second-order valence-corrected chi connectivity index (χ2v) is 8.72. The van der Waals surface area contributed by atoms with Crippen molar-refractivity contribution in [3.8, 4) is 0 Å². The zero-order valence-corrected chi connectivity index (χ0v) is 13.1. The fourth-order valence-corrected chi connectivity index (χ4v) is 5.37. The van der Waals surface area contributed by atoms with Crippen LogP contribution in [0.5, 0.6) is 0 Å². The number of hydrogen-bond donors (Lipinski definition) is 0. The Balaban J connectivity index is 1.48. The number of piperidine rings is 1. The number of likely N-dealkylation sites (tertiary alicyclic amines) is 1. The van der Waals surface area contributed by atoms with E-state index in [1.807, 2.05) is 9.80 Å². The summed E-state index contributed by atoms with van der Waals surface area (Å²) in [5, 5.41) is 0. The van der Waals surface area contributed by atoms with Crippen LogP contribution >= 0.6 is 0 Å². The molecule has 4 fully saturated rings. The maximum absolute atomic E-state index is 12.5. The first-order valence-corrected chi connectivity index (χ1v) is 9.40. The summed E-state index contributed by atoms with van der Waals surface area (Å²) >= 11 is 0. The van der Waals surface area contributed by atoms with E-state index in [2.05, 4.69) is 0 Å². The fourth-order valence-electron chi connectivity index (χ4n) is 3.66. The molecule has 2 amide bonds.